The van der Waals surface area contributed by atoms with E-state index >= 15 is 0 Å². The minimum absolute atomic E-state index is 0.0150. The first-order chi connectivity index (χ1) is 10.1. The smallest absolute Gasteiger partial charge is 0.317 e. The molecule has 1 atom stereocenters. The SMILES string of the molecule is CCNc1cc(CNC(=O)N2CCC(N(C)C)C2)ccn1. The third kappa shape index (κ3) is 4.32. The molecule has 2 rings (SSSR count). The summed E-state index contributed by atoms with van der Waals surface area (Å²) in [5, 5.41) is 6.15. The van der Waals surface area contributed by atoms with E-state index in [2.05, 4.69) is 34.6 Å². The second-order valence-corrected chi connectivity index (χ2v) is 5.59. The van der Waals surface area contributed by atoms with Gasteiger partial charge in [0, 0.05) is 38.4 Å². The van der Waals surface area contributed by atoms with Crippen LogP contribution in [0.15, 0.2) is 18.3 Å². The fourth-order valence-corrected chi connectivity index (χ4v) is 2.50. The third-order valence-electron chi connectivity index (χ3n) is 3.81. The minimum atomic E-state index is 0.0150. The molecule has 2 N–H and O–H groups in total. The fraction of sp³-hybridized carbons (Fsp3) is 0.600. The van der Waals surface area contributed by atoms with Crippen molar-refractivity contribution < 1.29 is 4.79 Å². The van der Waals surface area contributed by atoms with E-state index in [9.17, 15) is 4.79 Å². The van der Waals surface area contributed by atoms with Gasteiger partial charge in [0.05, 0.1) is 0 Å². The van der Waals surface area contributed by atoms with Crippen molar-refractivity contribution in [1.29, 1.82) is 0 Å². The highest BCUT2D eigenvalue weighted by Crippen LogP contribution is 2.13. The van der Waals surface area contributed by atoms with Crippen LogP contribution in [-0.2, 0) is 6.54 Å². The summed E-state index contributed by atoms with van der Waals surface area (Å²) in [5.41, 5.74) is 1.05. The number of hydrogen-bond donors (Lipinski definition) is 2. The first-order valence-electron chi connectivity index (χ1n) is 7.48. The zero-order valence-corrected chi connectivity index (χ0v) is 13.1. The van der Waals surface area contributed by atoms with Crippen molar-refractivity contribution in [3.8, 4) is 0 Å². The molecule has 1 aromatic heterocycles. The molecule has 0 saturated carbocycles. The lowest BCUT2D eigenvalue weighted by Crippen LogP contribution is -2.40. The van der Waals surface area contributed by atoms with Crippen molar-refractivity contribution in [3.63, 3.8) is 0 Å². The van der Waals surface area contributed by atoms with Crippen molar-refractivity contribution >= 4 is 11.8 Å². The topological polar surface area (TPSA) is 60.5 Å². The normalized spacial score (nSPS) is 18.1. The molecule has 1 aliphatic heterocycles. The Balaban J connectivity index is 1.83. The fourth-order valence-electron chi connectivity index (χ4n) is 2.50. The molecule has 2 amide bonds. The highest BCUT2D eigenvalue weighted by atomic mass is 16.2. The van der Waals surface area contributed by atoms with Crippen LogP contribution in [0.25, 0.3) is 0 Å². The summed E-state index contributed by atoms with van der Waals surface area (Å²) in [6.45, 7) is 5.03. The van der Waals surface area contributed by atoms with E-state index in [0.717, 1.165) is 37.4 Å². The number of amides is 2. The number of hydrogen-bond acceptors (Lipinski definition) is 4. The second kappa shape index (κ2) is 7.26. The predicted octanol–water partition coefficient (Wildman–Crippen LogP) is 1.36. The molecule has 6 nitrogen and oxygen atoms in total. The lowest BCUT2D eigenvalue weighted by atomic mass is 10.2. The van der Waals surface area contributed by atoms with E-state index in [1.165, 1.54) is 0 Å². The maximum Gasteiger partial charge on any atom is 0.317 e. The number of nitrogens with zero attached hydrogens (tertiary/aromatic N) is 3. The quantitative estimate of drug-likeness (QED) is 0.860. The molecule has 116 valence electrons. The lowest BCUT2D eigenvalue weighted by Gasteiger charge is -2.20. The number of likely N-dealkylation sites (tertiary alicyclic amines) is 1. The van der Waals surface area contributed by atoms with Crippen LogP contribution >= 0.6 is 0 Å². The largest absolute Gasteiger partial charge is 0.370 e. The summed E-state index contributed by atoms with van der Waals surface area (Å²) in [6.07, 6.45) is 2.80. The van der Waals surface area contributed by atoms with Gasteiger partial charge in [-0.15, -0.1) is 0 Å². The molecule has 0 aliphatic carbocycles. The van der Waals surface area contributed by atoms with Gasteiger partial charge in [0.15, 0.2) is 0 Å². The molecule has 1 fully saturated rings. The molecule has 0 bridgehead atoms. The van der Waals surface area contributed by atoms with Crippen molar-refractivity contribution in [2.24, 2.45) is 0 Å². The summed E-state index contributed by atoms with van der Waals surface area (Å²) in [7, 11) is 4.12. The Morgan fingerprint density at radius 2 is 2.33 bits per heavy atom. The van der Waals surface area contributed by atoms with Gasteiger partial charge in [-0.05, 0) is 45.1 Å². The molecule has 21 heavy (non-hydrogen) atoms. The van der Waals surface area contributed by atoms with Crippen molar-refractivity contribution in [1.82, 2.24) is 20.1 Å². The molecule has 0 aromatic carbocycles. The highest BCUT2D eigenvalue weighted by molar-refractivity contribution is 5.74. The molecule has 1 unspecified atom stereocenters. The van der Waals surface area contributed by atoms with Gasteiger partial charge in [0.25, 0.3) is 0 Å². The van der Waals surface area contributed by atoms with Crippen molar-refractivity contribution in [3.05, 3.63) is 23.9 Å². The van der Waals surface area contributed by atoms with Crippen LogP contribution in [0.4, 0.5) is 10.6 Å². The van der Waals surface area contributed by atoms with E-state index in [1.54, 1.807) is 6.20 Å². The Kier molecular flexibility index (Phi) is 5.38. The Morgan fingerprint density at radius 3 is 3.00 bits per heavy atom. The predicted molar refractivity (Wildman–Crippen MR) is 84.3 cm³/mol. The Hall–Kier alpha value is -1.82. The Labute approximate surface area is 126 Å². The molecule has 1 aliphatic rings. The van der Waals surface area contributed by atoms with Crippen LogP contribution in [0, 0.1) is 0 Å². The van der Waals surface area contributed by atoms with E-state index in [4.69, 9.17) is 0 Å². The molecular formula is C15H25N5O. The first-order valence-corrected chi connectivity index (χ1v) is 7.48. The molecular weight excluding hydrogens is 266 g/mol. The zero-order chi connectivity index (χ0) is 15.2. The van der Waals surface area contributed by atoms with Crippen molar-refractivity contribution in [2.75, 3.05) is 39.0 Å². The summed E-state index contributed by atoms with van der Waals surface area (Å²) < 4.78 is 0. The van der Waals surface area contributed by atoms with Gasteiger partial charge >= 0.3 is 6.03 Å². The van der Waals surface area contributed by atoms with Gasteiger partial charge in [-0.25, -0.2) is 9.78 Å². The monoisotopic (exact) mass is 291 g/mol. The molecule has 6 heteroatoms. The van der Waals surface area contributed by atoms with Crippen LogP contribution in [0.5, 0.6) is 0 Å². The van der Waals surface area contributed by atoms with Gasteiger partial charge in [-0.3, -0.25) is 0 Å². The highest BCUT2D eigenvalue weighted by Gasteiger charge is 2.27. The molecule has 1 saturated heterocycles. The summed E-state index contributed by atoms with van der Waals surface area (Å²) in [5.74, 6) is 0.845. The van der Waals surface area contributed by atoms with E-state index < -0.39 is 0 Å². The maximum absolute atomic E-state index is 12.2. The van der Waals surface area contributed by atoms with Gasteiger partial charge in [0.2, 0.25) is 0 Å². The lowest BCUT2D eigenvalue weighted by molar-refractivity contribution is 0.203. The summed E-state index contributed by atoms with van der Waals surface area (Å²) >= 11 is 0. The number of urea groups is 1. The number of rotatable bonds is 5. The number of anilines is 1. The first kappa shape index (κ1) is 15.6. The molecule has 0 spiro atoms. The van der Waals surface area contributed by atoms with Gasteiger partial charge in [-0.2, -0.15) is 0 Å². The van der Waals surface area contributed by atoms with Crippen LogP contribution in [0.2, 0.25) is 0 Å². The number of pyridine rings is 1. The number of carbonyl (C=O) groups excluding carboxylic acids is 1. The van der Waals surface area contributed by atoms with Gasteiger partial charge < -0.3 is 20.4 Å². The second-order valence-electron chi connectivity index (χ2n) is 5.59. The Morgan fingerprint density at radius 1 is 1.52 bits per heavy atom. The van der Waals surface area contributed by atoms with E-state index in [1.807, 2.05) is 24.0 Å². The standard InChI is InChI=1S/C15H25N5O/c1-4-16-14-9-12(5-7-17-14)10-18-15(21)20-8-6-13(11-20)19(2)3/h5,7,9,13H,4,6,8,10-11H2,1-3H3,(H,16,17)(H,18,21). The average Bonchev–Trinajstić information content (AvgIpc) is 2.96. The number of carbonyl (C=O) groups is 1. The van der Waals surface area contributed by atoms with Crippen molar-refractivity contribution in [2.45, 2.75) is 25.9 Å². The number of likely N-dealkylation sites (N-methyl/N-ethyl adjacent to an activating group) is 1. The van der Waals surface area contributed by atoms with Gasteiger partial charge in [0.1, 0.15) is 5.82 Å². The molecule has 1 aromatic rings. The zero-order valence-electron chi connectivity index (χ0n) is 13.1. The number of aromatic nitrogens is 1. The van der Waals surface area contributed by atoms with E-state index in [-0.39, 0.29) is 6.03 Å². The molecule has 0 radical (unpaired) electrons. The van der Waals surface area contributed by atoms with Crippen LogP contribution in [-0.4, -0.2) is 60.6 Å². The van der Waals surface area contributed by atoms with Crippen LogP contribution in [0.3, 0.4) is 0 Å². The maximum atomic E-state index is 12.2. The van der Waals surface area contributed by atoms with Gasteiger partial charge in [-0.1, -0.05) is 0 Å². The average molecular weight is 291 g/mol. The Bertz CT molecular complexity index is 477. The van der Waals surface area contributed by atoms with Crippen LogP contribution in [0.1, 0.15) is 18.9 Å². The third-order valence-corrected chi connectivity index (χ3v) is 3.81. The summed E-state index contributed by atoms with van der Waals surface area (Å²) in [4.78, 5) is 20.5. The minimum Gasteiger partial charge on any atom is -0.370 e. The summed E-state index contributed by atoms with van der Waals surface area (Å²) in [6, 6.07) is 4.38. The van der Waals surface area contributed by atoms with Crippen LogP contribution < -0.4 is 10.6 Å². The molecule has 2 heterocycles. The van der Waals surface area contributed by atoms with E-state index in [0.29, 0.717) is 12.6 Å². The number of nitrogens with one attached hydrogen (secondary N) is 2.